The van der Waals surface area contributed by atoms with Gasteiger partial charge < -0.3 is 5.11 Å². The summed E-state index contributed by atoms with van der Waals surface area (Å²) in [5, 5.41) is 13.9. The second kappa shape index (κ2) is 4.51. The Morgan fingerprint density at radius 3 is 1.95 bits per heavy atom. The van der Waals surface area contributed by atoms with Crippen molar-refractivity contribution in [3.05, 3.63) is 17.5 Å². The van der Waals surface area contributed by atoms with Crippen molar-refractivity contribution in [2.24, 2.45) is 0 Å². The molecule has 1 unspecified atom stereocenters. The Labute approximate surface area is 111 Å². The molecule has 0 bridgehead atoms. The van der Waals surface area contributed by atoms with Crippen LogP contribution in [0.4, 0.5) is 13.2 Å². The van der Waals surface area contributed by atoms with Crippen LogP contribution in [0.3, 0.4) is 0 Å². The maximum absolute atomic E-state index is 13.0. The molecule has 1 aromatic heterocycles. The zero-order valence-corrected chi connectivity index (χ0v) is 12.1. The van der Waals surface area contributed by atoms with Gasteiger partial charge in [-0.05, 0) is 20.8 Å². The van der Waals surface area contributed by atoms with E-state index < -0.39 is 17.2 Å². The lowest BCUT2D eigenvalue weighted by atomic mass is 9.83. The standard InChI is InChI=1S/C13H21F3N2O/c1-8(2)18-10(11(3,4)5)9(7-17-18)12(6,19)13(14,15)16/h7-8,19H,1-6H3. The van der Waals surface area contributed by atoms with Gasteiger partial charge in [-0.1, -0.05) is 20.8 Å². The first-order valence-electron chi connectivity index (χ1n) is 6.17. The number of hydrogen-bond donors (Lipinski definition) is 1. The van der Waals surface area contributed by atoms with Gasteiger partial charge in [0.05, 0.1) is 11.9 Å². The molecule has 0 amide bonds. The van der Waals surface area contributed by atoms with E-state index in [4.69, 9.17) is 0 Å². The molecule has 1 heterocycles. The normalized spacial score (nSPS) is 16.8. The van der Waals surface area contributed by atoms with Gasteiger partial charge in [-0.25, -0.2) is 0 Å². The van der Waals surface area contributed by atoms with Crippen molar-refractivity contribution in [2.75, 3.05) is 0 Å². The third kappa shape index (κ3) is 2.78. The van der Waals surface area contributed by atoms with Gasteiger partial charge in [0.15, 0.2) is 5.60 Å². The van der Waals surface area contributed by atoms with Crippen molar-refractivity contribution < 1.29 is 18.3 Å². The minimum atomic E-state index is -4.74. The second-order valence-corrected chi connectivity index (χ2v) is 6.27. The Morgan fingerprint density at radius 2 is 1.63 bits per heavy atom. The highest BCUT2D eigenvalue weighted by molar-refractivity contribution is 5.31. The lowest BCUT2D eigenvalue weighted by molar-refractivity contribution is -0.259. The third-order valence-electron chi connectivity index (χ3n) is 3.07. The van der Waals surface area contributed by atoms with Gasteiger partial charge in [0.2, 0.25) is 0 Å². The highest BCUT2D eigenvalue weighted by Crippen LogP contribution is 2.43. The summed E-state index contributed by atoms with van der Waals surface area (Å²) >= 11 is 0. The summed E-state index contributed by atoms with van der Waals surface area (Å²) in [6.07, 6.45) is -3.62. The monoisotopic (exact) mass is 278 g/mol. The Hall–Kier alpha value is -1.04. The molecule has 1 aromatic rings. The van der Waals surface area contributed by atoms with Gasteiger partial charge in [0, 0.05) is 17.0 Å². The van der Waals surface area contributed by atoms with E-state index in [1.54, 1.807) is 20.8 Å². The molecule has 6 heteroatoms. The highest BCUT2D eigenvalue weighted by Gasteiger charge is 2.54. The first kappa shape index (κ1) is 16.0. The molecule has 0 aliphatic heterocycles. The highest BCUT2D eigenvalue weighted by atomic mass is 19.4. The number of aromatic nitrogens is 2. The van der Waals surface area contributed by atoms with Crippen molar-refractivity contribution in [1.82, 2.24) is 9.78 Å². The van der Waals surface area contributed by atoms with Crippen LogP contribution in [0.2, 0.25) is 0 Å². The summed E-state index contributed by atoms with van der Waals surface area (Å²) in [5.41, 5.74) is -3.22. The molecular formula is C13H21F3N2O. The number of alkyl halides is 3. The number of nitrogens with zero attached hydrogens (tertiary/aromatic N) is 2. The van der Waals surface area contributed by atoms with Crippen molar-refractivity contribution in [3.63, 3.8) is 0 Å². The molecule has 1 atom stereocenters. The molecule has 0 spiro atoms. The van der Waals surface area contributed by atoms with Crippen LogP contribution in [0.1, 0.15) is 58.8 Å². The average Bonchev–Trinajstić information content (AvgIpc) is 2.58. The Morgan fingerprint density at radius 1 is 1.16 bits per heavy atom. The number of halogens is 3. The van der Waals surface area contributed by atoms with Crippen molar-refractivity contribution in [2.45, 2.75) is 64.8 Å². The van der Waals surface area contributed by atoms with Crippen LogP contribution in [-0.2, 0) is 11.0 Å². The van der Waals surface area contributed by atoms with Gasteiger partial charge in [-0.2, -0.15) is 18.3 Å². The van der Waals surface area contributed by atoms with Crippen LogP contribution in [0.15, 0.2) is 6.20 Å². The van der Waals surface area contributed by atoms with E-state index in [1.165, 1.54) is 4.68 Å². The van der Waals surface area contributed by atoms with E-state index in [1.807, 2.05) is 13.8 Å². The fourth-order valence-electron chi connectivity index (χ4n) is 2.01. The van der Waals surface area contributed by atoms with Crippen LogP contribution in [-0.4, -0.2) is 21.1 Å². The number of aliphatic hydroxyl groups is 1. The van der Waals surface area contributed by atoms with Crippen LogP contribution in [0.25, 0.3) is 0 Å². The summed E-state index contributed by atoms with van der Waals surface area (Å²) in [7, 11) is 0. The third-order valence-corrected chi connectivity index (χ3v) is 3.07. The van der Waals surface area contributed by atoms with Crippen LogP contribution >= 0.6 is 0 Å². The van der Waals surface area contributed by atoms with Crippen LogP contribution in [0.5, 0.6) is 0 Å². The number of hydrogen-bond acceptors (Lipinski definition) is 2. The molecule has 1 N–H and O–H groups in total. The van der Waals surface area contributed by atoms with Crippen molar-refractivity contribution in [3.8, 4) is 0 Å². The first-order valence-corrected chi connectivity index (χ1v) is 6.17. The lowest BCUT2D eigenvalue weighted by Crippen LogP contribution is -2.41. The summed E-state index contributed by atoms with van der Waals surface area (Å²) in [6.45, 7) is 9.86. The molecule has 0 aliphatic carbocycles. The van der Waals surface area contributed by atoms with Crippen molar-refractivity contribution >= 4 is 0 Å². The van der Waals surface area contributed by atoms with E-state index in [-0.39, 0.29) is 11.6 Å². The molecule has 1 rings (SSSR count). The van der Waals surface area contributed by atoms with E-state index in [0.29, 0.717) is 5.69 Å². The van der Waals surface area contributed by atoms with E-state index in [0.717, 1.165) is 13.1 Å². The maximum Gasteiger partial charge on any atom is 0.421 e. The molecule has 19 heavy (non-hydrogen) atoms. The predicted molar refractivity (Wildman–Crippen MR) is 66.9 cm³/mol. The molecule has 0 saturated heterocycles. The van der Waals surface area contributed by atoms with E-state index in [9.17, 15) is 18.3 Å². The Kier molecular flexibility index (Phi) is 3.80. The van der Waals surface area contributed by atoms with Gasteiger partial charge in [0.1, 0.15) is 0 Å². The topological polar surface area (TPSA) is 38.0 Å². The molecule has 3 nitrogen and oxygen atoms in total. The molecule has 0 saturated carbocycles. The summed E-state index contributed by atoms with van der Waals surface area (Å²) < 4.78 is 40.6. The molecule has 0 fully saturated rings. The fourth-order valence-corrected chi connectivity index (χ4v) is 2.01. The molecule has 110 valence electrons. The first-order chi connectivity index (χ1) is 8.30. The predicted octanol–water partition coefficient (Wildman–Crippen LogP) is 3.53. The minimum Gasteiger partial charge on any atom is -0.376 e. The zero-order valence-electron chi connectivity index (χ0n) is 12.1. The Balaban J connectivity index is 3.55. The SMILES string of the molecule is CC(C)n1ncc(C(C)(O)C(F)(F)F)c1C(C)(C)C. The van der Waals surface area contributed by atoms with Gasteiger partial charge in [-0.3, -0.25) is 4.68 Å². The minimum absolute atomic E-state index is 0.0768. The van der Waals surface area contributed by atoms with Crippen LogP contribution < -0.4 is 0 Å². The quantitative estimate of drug-likeness (QED) is 0.898. The molecule has 0 radical (unpaired) electrons. The lowest BCUT2D eigenvalue weighted by Gasteiger charge is -2.31. The smallest absolute Gasteiger partial charge is 0.376 e. The molecule has 0 aliphatic rings. The van der Waals surface area contributed by atoms with E-state index >= 15 is 0 Å². The summed E-state index contributed by atoms with van der Waals surface area (Å²) in [6, 6.07) is -0.0768. The summed E-state index contributed by atoms with van der Waals surface area (Å²) in [5.74, 6) is 0. The Bertz CT molecular complexity index is 453. The fraction of sp³-hybridized carbons (Fsp3) is 0.769. The van der Waals surface area contributed by atoms with Gasteiger partial charge >= 0.3 is 6.18 Å². The van der Waals surface area contributed by atoms with Crippen molar-refractivity contribution in [1.29, 1.82) is 0 Å². The zero-order chi connectivity index (χ0) is 15.2. The van der Waals surface area contributed by atoms with Gasteiger partial charge in [0.25, 0.3) is 0 Å². The average molecular weight is 278 g/mol. The summed E-state index contributed by atoms with van der Waals surface area (Å²) in [4.78, 5) is 0. The molecule has 0 aromatic carbocycles. The number of rotatable bonds is 2. The largest absolute Gasteiger partial charge is 0.421 e. The molecular weight excluding hydrogens is 257 g/mol. The van der Waals surface area contributed by atoms with Crippen LogP contribution in [0, 0.1) is 0 Å². The maximum atomic E-state index is 13.0. The van der Waals surface area contributed by atoms with E-state index in [2.05, 4.69) is 5.10 Å². The van der Waals surface area contributed by atoms with Gasteiger partial charge in [-0.15, -0.1) is 0 Å². The second-order valence-electron chi connectivity index (χ2n) is 6.27.